The van der Waals surface area contributed by atoms with E-state index in [1.165, 1.54) is 0 Å². The normalized spacial score (nSPS) is 20.6. The van der Waals surface area contributed by atoms with Gasteiger partial charge in [-0.2, -0.15) is 0 Å². The van der Waals surface area contributed by atoms with Gasteiger partial charge in [-0.05, 0) is 50.6 Å². The molecule has 1 fully saturated rings. The van der Waals surface area contributed by atoms with Gasteiger partial charge in [-0.3, -0.25) is 4.79 Å². The average molecular weight is 407 g/mol. The van der Waals surface area contributed by atoms with Crippen molar-refractivity contribution in [1.29, 1.82) is 0 Å². The highest BCUT2D eigenvalue weighted by molar-refractivity contribution is 5.95. The molecule has 0 N–H and O–H groups in total. The number of hydrogen-bond acceptors (Lipinski definition) is 5. The summed E-state index contributed by atoms with van der Waals surface area (Å²) in [4.78, 5) is 19.5. The molecule has 1 saturated heterocycles. The van der Waals surface area contributed by atoms with E-state index in [4.69, 9.17) is 13.9 Å². The molecule has 1 spiro atoms. The first kappa shape index (κ1) is 18.9. The van der Waals surface area contributed by atoms with Crippen molar-refractivity contribution in [2.24, 2.45) is 0 Å². The number of hydrogen-bond donors (Lipinski definition) is 0. The van der Waals surface area contributed by atoms with Gasteiger partial charge in [0.15, 0.2) is 0 Å². The van der Waals surface area contributed by atoms with Crippen molar-refractivity contribution in [1.82, 2.24) is 14.5 Å². The Morgan fingerprint density at radius 3 is 2.70 bits per heavy atom. The number of likely N-dealkylation sites (tertiary alicyclic amines) is 1. The third-order valence-corrected chi connectivity index (χ3v) is 6.15. The smallest absolute Gasteiger partial charge is 0.257 e. The van der Waals surface area contributed by atoms with Crippen LogP contribution in [0.25, 0.3) is 11.3 Å². The van der Waals surface area contributed by atoms with Crippen molar-refractivity contribution < 1.29 is 18.7 Å². The molecule has 1 amide bonds. The van der Waals surface area contributed by atoms with Gasteiger partial charge in [0.25, 0.3) is 5.91 Å². The zero-order valence-corrected chi connectivity index (χ0v) is 17.5. The summed E-state index contributed by atoms with van der Waals surface area (Å²) in [6.07, 6.45) is 2.70. The SMILES string of the molecule is COc1ccc(-c2cnc3n2C[C@@]2(CCN(C(=O)c4cc(C)oc4C)C2)OC3)cc1. The fourth-order valence-corrected chi connectivity index (χ4v) is 4.53. The zero-order chi connectivity index (χ0) is 20.9. The van der Waals surface area contributed by atoms with Gasteiger partial charge in [-0.15, -0.1) is 0 Å². The van der Waals surface area contributed by atoms with Gasteiger partial charge in [0.2, 0.25) is 0 Å². The molecule has 1 atom stereocenters. The molecule has 1 aromatic carbocycles. The minimum atomic E-state index is -0.392. The van der Waals surface area contributed by atoms with Crippen molar-refractivity contribution in [2.75, 3.05) is 20.2 Å². The average Bonchev–Trinajstić information content (AvgIpc) is 3.45. The molecule has 2 aliphatic rings. The van der Waals surface area contributed by atoms with E-state index in [-0.39, 0.29) is 5.91 Å². The summed E-state index contributed by atoms with van der Waals surface area (Å²) in [7, 11) is 1.66. The first-order valence-electron chi connectivity index (χ1n) is 10.2. The first-order valence-corrected chi connectivity index (χ1v) is 10.2. The summed E-state index contributed by atoms with van der Waals surface area (Å²) in [6.45, 7) is 6.06. The fourth-order valence-electron chi connectivity index (χ4n) is 4.53. The van der Waals surface area contributed by atoms with Gasteiger partial charge >= 0.3 is 0 Å². The molecule has 156 valence electrons. The highest BCUT2D eigenvalue weighted by Crippen LogP contribution is 2.36. The predicted octanol–water partition coefficient (Wildman–Crippen LogP) is 3.58. The third-order valence-electron chi connectivity index (χ3n) is 6.15. The number of aromatic nitrogens is 2. The molecule has 0 bridgehead atoms. The van der Waals surface area contributed by atoms with Crippen LogP contribution in [-0.4, -0.2) is 46.2 Å². The molecule has 5 rings (SSSR count). The Hall–Kier alpha value is -3.06. The standard InChI is InChI=1S/C23H25N3O4/c1-15-10-19(16(2)30-15)22(27)25-9-8-23(13-25)14-26-20(11-24-21(26)12-29-23)17-4-6-18(28-3)7-5-17/h4-7,10-11H,8-9,12-14H2,1-3H3/t23-/m0/s1. The van der Waals surface area contributed by atoms with Gasteiger partial charge in [0.05, 0.1) is 37.7 Å². The minimum Gasteiger partial charge on any atom is -0.497 e. The molecule has 4 heterocycles. The zero-order valence-electron chi connectivity index (χ0n) is 17.5. The van der Waals surface area contributed by atoms with E-state index in [9.17, 15) is 4.79 Å². The molecule has 0 radical (unpaired) electrons. The van der Waals surface area contributed by atoms with E-state index in [0.29, 0.717) is 37.6 Å². The summed E-state index contributed by atoms with van der Waals surface area (Å²) < 4.78 is 19.3. The van der Waals surface area contributed by atoms with Crippen LogP contribution < -0.4 is 4.74 Å². The number of carbonyl (C=O) groups excluding carboxylic acids is 1. The number of fused-ring (bicyclic) bond motifs is 1. The Morgan fingerprint density at radius 2 is 2.00 bits per heavy atom. The monoisotopic (exact) mass is 407 g/mol. The number of methoxy groups -OCH3 is 1. The number of imidazole rings is 1. The Morgan fingerprint density at radius 1 is 1.20 bits per heavy atom. The van der Waals surface area contributed by atoms with E-state index in [1.807, 2.05) is 55.3 Å². The van der Waals surface area contributed by atoms with Crippen LogP contribution in [0.1, 0.15) is 34.1 Å². The Kier molecular flexibility index (Phi) is 4.43. The van der Waals surface area contributed by atoms with Crippen LogP contribution >= 0.6 is 0 Å². The lowest BCUT2D eigenvalue weighted by Gasteiger charge is -2.35. The van der Waals surface area contributed by atoms with Crippen molar-refractivity contribution in [3.05, 3.63) is 59.4 Å². The van der Waals surface area contributed by atoms with Gasteiger partial charge in [-0.1, -0.05) is 0 Å². The molecule has 0 saturated carbocycles. The van der Waals surface area contributed by atoms with Crippen LogP contribution in [0.5, 0.6) is 5.75 Å². The number of carbonyl (C=O) groups is 1. The maximum absolute atomic E-state index is 13.0. The largest absolute Gasteiger partial charge is 0.497 e. The van der Waals surface area contributed by atoms with E-state index in [1.54, 1.807) is 7.11 Å². The summed E-state index contributed by atoms with van der Waals surface area (Å²) in [5.41, 5.74) is 2.39. The molecule has 0 aliphatic carbocycles. The van der Waals surface area contributed by atoms with Crippen LogP contribution in [-0.2, 0) is 17.9 Å². The highest BCUT2D eigenvalue weighted by atomic mass is 16.5. The van der Waals surface area contributed by atoms with Crippen LogP contribution in [0.2, 0.25) is 0 Å². The van der Waals surface area contributed by atoms with Crippen molar-refractivity contribution in [3.63, 3.8) is 0 Å². The van der Waals surface area contributed by atoms with Crippen LogP contribution in [0.3, 0.4) is 0 Å². The van der Waals surface area contributed by atoms with Gasteiger partial charge in [-0.25, -0.2) is 4.98 Å². The summed E-state index contributed by atoms with van der Waals surface area (Å²) in [6, 6.07) is 9.81. The second kappa shape index (κ2) is 7.02. The third kappa shape index (κ3) is 3.10. The van der Waals surface area contributed by atoms with Crippen LogP contribution in [0, 0.1) is 13.8 Å². The van der Waals surface area contributed by atoms with Crippen molar-refractivity contribution >= 4 is 5.91 Å². The van der Waals surface area contributed by atoms with Crippen LogP contribution in [0.15, 0.2) is 40.9 Å². The van der Waals surface area contributed by atoms with Crippen molar-refractivity contribution in [3.8, 4) is 17.0 Å². The number of rotatable bonds is 3. The topological polar surface area (TPSA) is 69.7 Å². The van der Waals surface area contributed by atoms with E-state index < -0.39 is 5.60 Å². The quantitative estimate of drug-likeness (QED) is 0.664. The molecule has 2 aromatic heterocycles. The molecule has 7 heteroatoms. The fraction of sp³-hybridized carbons (Fsp3) is 0.391. The Bertz CT molecular complexity index is 1100. The second-order valence-electron chi connectivity index (χ2n) is 8.15. The maximum Gasteiger partial charge on any atom is 0.257 e. The van der Waals surface area contributed by atoms with Crippen molar-refractivity contribution in [2.45, 2.75) is 39.0 Å². The molecular weight excluding hydrogens is 382 g/mol. The molecule has 30 heavy (non-hydrogen) atoms. The second-order valence-corrected chi connectivity index (χ2v) is 8.15. The summed E-state index contributed by atoms with van der Waals surface area (Å²) in [5.74, 6) is 3.17. The lowest BCUT2D eigenvalue weighted by Crippen LogP contribution is -2.45. The molecule has 3 aromatic rings. The van der Waals surface area contributed by atoms with E-state index in [0.717, 1.165) is 35.0 Å². The lowest BCUT2D eigenvalue weighted by atomic mass is 10.0. The number of aryl methyl sites for hydroxylation is 2. The minimum absolute atomic E-state index is 0.0108. The van der Waals surface area contributed by atoms with Crippen LogP contribution in [0.4, 0.5) is 0 Å². The Balaban J connectivity index is 1.38. The number of benzene rings is 1. The summed E-state index contributed by atoms with van der Waals surface area (Å²) in [5, 5.41) is 0. The summed E-state index contributed by atoms with van der Waals surface area (Å²) >= 11 is 0. The molecular formula is C23H25N3O4. The number of nitrogens with zero attached hydrogens (tertiary/aromatic N) is 3. The Labute approximate surface area is 175 Å². The molecule has 2 aliphatic heterocycles. The van der Waals surface area contributed by atoms with Gasteiger partial charge in [0, 0.05) is 12.1 Å². The number of ether oxygens (including phenoxy) is 2. The lowest BCUT2D eigenvalue weighted by molar-refractivity contribution is -0.0804. The molecule has 0 unspecified atom stereocenters. The maximum atomic E-state index is 13.0. The van der Waals surface area contributed by atoms with Gasteiger partial charge < -0.3 is 23.4 Å². The van der Waals surface area contributed by atoms with Gasteiger partial charge in [0.1, 0.15) is 35.3 Å². The number of amides is 1. The number of furan rings is 1. The van der Waals surface area contributed by atoms with E-state index >= 15 is 0 Å². The molecule has 7 nitrogen and oxygen atoms in total. The van der Waals surface area contributed by atoms with E-state index in [2.05, 4.69) is 9.55 Å². The highest BCUT2D eigenvalue weighted by Gasteiger charge is 2.45. The predicted molar refractivity (Wildman–Crippen MR) is 110 cm³/mol. The first-order chi connectivity index (χ1) is 14.5.